The van der Waals surface area contributed by atoms with Crippen molar-refractivity contribution in [1.29, 1.82) is 0 Å². The van der Waals surface area contributed by atoms with Gasteiger partial charge in [-0.3, -0.25) is 4.79 Å². The van der Waals surface area contributed by atoms with Crippen molar-refractivity contribution in [1.82, 2.24) is 9.47 Å². The minimum absolute atomic E-state index is 0.0948. The molecule has 2 aromatic rings. The number of methoxy groups -OCH3 is 2. The average molecular weight is 383 g/mol. The SMILES string of the molecule is COc1ccc(-c2cc3n(c(=O)c2)C[C@H]2C[C@@H]3CN(CC(C)C)C2)c(OC)c1. The van der Waals surface area contributed by atoms with Crippen LogP contribution in [0, 0.1) is 11.8 Å². The fourth-order valence-electron chi connectivity index (χ4n) is 4.92. The van der Waals surface area contributed by atoms with Crippen molar-refractivity contribution >= 4 is 0 Å². The Morgan fingerprint density at radius 3 is 2.61 bits per heavy atom. The molecule has 2 bridgehead atoms. The molecule has 0 spiro atoms. The van der Waals surface area contributed by atoms with Crippen LogP contribution >= 0.6 is 0 Å². The molecule has 0 saturated carbocycles. The third kappa shape index (κ3) is 3.55. The summed E-state index contributed by atoms with van der Waals surface area (Å²) < 4.78 is 12.9. The summed E-state index contributed by atoms with van der Waals surface area (Å²) in [5.74, 6) is 3.13. The van der Waals surface area contributed by atoms with Crippen molar-refractivity contribution < 1.29 is 9.47 Å². The highest BCUT2D eigenvalue weighted by Crippen LogP contribution is 2.38. The summed E-state index contributed by atoms with van der Waals surface area (Å²) in [6, 6.07) is 9.71. The normalized spacial score (nSPS) is 21.5. The molecule has 2 aliphatic rings. The molecule has 1 aromatic carbocycles. The van der Waals surface area contributed by atoms with Crippen LogP contribution in [0.15, 0.2) is 35.1 Å². The summed E-state index contributed by atoms with van der Waals surface area (Å²) in [7, 11) is 3.29. The molecular formula is C23H30N2O3. The molecular weight excluding hydrogens is 352 g/mol. The summed E-state index contributed by atoms with van der Waals surface area (Å²) in [6.07, 6.45) is 1.18. The van der Waals surface area contributed by atoms with E-state index in [0.29, 0.717) is 17.8 Å². The Hall–Kier alpha value is -2.27. The monoisotopic (exact) mass is 382 g/mol. The van der Waals surface area contributed by atoms with Gasteiger partial charge in [0.2, 0.25) is 0 Å². The van der Waals surface area contributed by atoms with Gasteiger partial charge in [-0.25, -0.2) is 0 Å². The van der Waals surface area contributed by atoms with Gasteiger partial charge in [0.05, 0.1) is 14.2 Å². The van der Waals surface area contributed by atoms with Crippen LogP contribution in [-0.4, -0.2) is 43.3 Å². The van der Waals surface area contributed by atoms with Gasteiger partial charge in [0.15, 0.2) is 0 Å². The van der Waals surface area contributed by atoms with Gasteiger partial charge in [0.1, 0.15) is 11.5 Å². The van der Waals surface area contributed by atoms with Crippen LogP contribution in [0.2, 0.25) is 0 Å². The van der Waals surface area contributed by atoms with E-state index in [0.717, 1.165) is 48.8 Å². The molecule has 28 heavy (non-hydrogen) atoms. The molecule has 5 heteroatoms. The summed E-state index contributed by atoms with van der Waals surface area (Å²) >= 11 is 0. The largest absolute Gasteiger partial charge is 0.497 e. The maximum atomic E-state index is 13.0. The first-order valence-corrected chi connectivity index (χ1v) is 10.2. The van der Waals surface area contributed by atoms with E-state index >= 15 is 0 Å². The van der Waals surface area contributed by atoms with Gasteiger partial charge in [-0.1, -0.05) is 13.8 Å². The summed E-state index contributed by atoms with van der Waals surface area (Å²) in [6.45, 7) is 8.65. The second-order valence-corrected chi connectivity index (χ2v) is 8.59. The van der Waals surface area contributed by atoms with Crippen molar-refractivity contribution in [2.45, 2.75) is 32.7 Å². The van der Waals surface area contributed by atoms with Crippen LogP contribution in [0.5, 0.6) is 11.5 Å². The first-order chi connectivity index (χ1) is 13.5. The molecule has 2 atom stereocenters. The van der Waals surface area contributed by atoms with Crippen molar-refractivity contribution in [2.75, 3.05) is 33.9 Å². The topological polar surface area (TPSA) is 43.7 Å². The Balaban J connectivity index is 1.73. The zero-order chi connectivity index (χ0) is 19.8. The van der Waals surface area contributed by atoms with Crippen molar-refractivity contribution in [3.8, 4) is 22.6 Å². The maximum Gasteiger partial charge on any atom is 0.251 e. The molecule has 0 unspecified atom stereocenters. The number of benzene rings is 1. The van der Waals surface area contributed by atoms with Crippen molar-refractivity contribution in [3.05, 3.63) is 46.4 Å². The lowest BCUT2D eigenvalue weighted by atomic mass is 9.82. The van der Waals surface area contributed by atoms with E-state index in [2.05, 4.69) is 24.8 Å². The first-order valence-electron chi connectivity index (χ1n) is 10.2. The third-order valence-electron chi connectivity index (χ3n) is 5.97. The van der Waals surface area contributed by atoms with E-state index in [1.165, 1.54) is 12.1 Å². The first kappa shape index (κ1) is 19.1. The van der Waals surface area contributed by atoms with Gasteiger partial charge >= 0.3 is 0 Å². The third-order valence-corrected chi connectivity index (χ3v) is 5.97. The van der Waals surface area contributed by atoms with E-state index in [4.69, 9.17) is 9.47 Å². The molecule has 0 aliphatic carbocycles. The summed E-state index contributed by atoms with van der Waals surface area (Å²) in [5.41, 5.74) is 3.12. The molecule has 150 valence electrons. The summed E-state index contributed by atoms with van der Waals surface area (Å²) in [5, 5.41) is 0. The number of hydrogen-bond donors (Lipinski definition) is 0. The number of likely N-dealkylation sites (tertiary alicyclic amines) is 1. The van der Waals surface area contributed by atoms with Gasteiger partial charge in [0, 0.05) is 55.5 Å². The highest BCUT2D eigenvalue weighted by Gasteiger charge is 2.35. The molecule has 1 fully saturated rings. The van der Waals surface area contributed by atoms with Crippen LogP contribution in [0.4, 0.5) is 0 Å². The zero-order valence-electron chi connectivity index (χ0n) is 17.3. The molecule has 5 nitrogen and oxygen atoms in total. The second kappa shape index (κ2) is 7.63. The maximum absolute atomic E-state index is 13.0. The van der Waals surface area contributed by atoms with Crippen molar-refractivity contribution in [2.24, 2.45) is 11.8 Å². The number of nitrogens with zero attached hydrogens (tertiary/aromatic N) is 2. The predicted molar refractivity (Wildman–Crippen MR) is 111 cm³/mol. The number of pyridine rings is 1. The van der Waals surface area contributed by atoms with Gasteiger partial charge in [0.25, 0.3) is 5.56 Å². The standard InChI is InChI=1S/C23H30N2O3/c1-15(2)11-24-12-16-7-18(14-24)21-8-17(9-23(26)25(21)13-16)20-6-5-19(27-3)10-22(20)28-4/h5-6,8-10,15-16,18H,7,11-14H2,1-4H3/t16-,18+/m0/s1. The summed E-state index contributed by atoms with van der Waals surface area (Å²) in [4.78, 5) is 15.5. The Morgan fingerprint density at radius 2 is 1.89 bits per heavy atom. The van der Waals surface area contributed by atoms with E-state index < -0.39 is 0 Å². The quantitative estimate of drug-likeness (QED) is 0.792. The number of piperidine rings is 1. The fraction of sp³-hybridized carbons (Fsp3) is 0.522. The molecule has 2 aliphatic heterocycles. The highest BCUT2D eigenvalue weighted by molar-refractivity contribution is 5.71. The number of fused-ring (bicyclic) bond motifs is 4. The van der Waals surface area contributed by atoms with Gasteiger partial charge in [-0.15, -0.1) is 0 Å². The molecule has 3 heterocycles. The van der Waals surface area contributed by atoms with Gasteiger partial charge in [-0.05, 0) is 42.0 Å². The number of aromatic nitrogens is 1. The Bertz CT molecular complexity index is 919. The average Bonchev–Trinajstić information content (AvgIpc) is 2.67. The van der Waals surface area contributed by atoms with Crippen LogP contribution in [-0.2, 0) is 6.54 Å². The van der Waals surface area contributed by atoms with Gasteiger partial charge < -0.3 is 18.9 Å². The lowest BCUT2D eigenvalue weighted by molar-refractivity contribution is 0.109. The lowest BCUT2D eigenvalue weighted by Crippen LogP contribution is -2.48. The smallest absolute Gasteiger partial charge is 0.251 e. The molecule has 1 aromatic heterocycles. The van der Waals surface area contributed by atoms with Crippen LogP contribution in [0.3, 0.4) is 0 Å². The van der Waals surface area contributed by atoms with Crippen LogP contribution < -0.4 is 15.0 Å². The fourth-order valence-corrected chi connectivity index (χ4v) is 4.92. The number of hydrogen-bond acceptors (Lipinski definition) is 4. The highest BCUT2D eigenvalue weighted by atomic mass is 16.5. The molecule has 4 rings (SSSR count). The van der Waals surface area contributed by atoms with E-state index in [1.807, 2.05) is 22.8 Å². The zero-order valence-corrected chi connectivity index (χ0v) is 17.3. The second-order valence-electron chi connectivity index (χ2n) is 8.59. The van der Waals surface area contributed by atoms with Gasteiger partial charge in [-0.2, -0.15) is 0 Å². The van der Waals surface area contributed by atoms with E-state index in [9.17, 15) is 4.79 Å². The van der Waals surface area contributed by atoms with Crippen LogP contribution in [0.25, 0.3) is 11.1 Å². The minimum Gasteiger partial charge on any atom is -0.497 e. The van der Waals surface area contributed by atoms with Crippen molar-refractivity contribution in [3.63, 3.8) is 0 Å². The Morgan fingerprint density at radius 1 is 1.07 bits per heavy atom. The number of ether oxygens (including phenoxy) is 2. The van der Waals surface area contributed by atoms with Crippen LogP contribution in [0.1, 0.15) is 31.9 Å². The number of rotatable bonds is 5. The molecule has 0 amide bonds. The molecule has 0 N–H and O–H groups in total. The lowest BCUT2D eigenvalue weighted by Gasteiger charge is -2.43. The molecule has 1 saturated heterocycles. The van der Waals surface area contributed by atoms with E-state index in [-0.39, 0.29) is 5.56 Å². The Kier molecular flexibility index (Phi) is 5.19. The minimum atomic E-state index is 0.0948. The molecule has 0 radical (unpaired) electrons. The Labute approximate surface area is 166 Å². The predicted octanol–water partition coefficient (Wildman–Crippen LogP) is 3.61. The van der Waals surface area contributed by atoms with E-state index in [1.54, 1.807) is 20.3 Å².